The van der Waals surface area contributed by atoms with Crippen molar-refractivity contribution in [2.45, 2.75) is 10.9 Å². The van der Waals surface area contributed by atoms with Crippen molar-refractivity contribution in [2.75, 3.05) is 7.11 Å². The van der Waals surface area contributed by atoms with Gasteiger partial charge >= 0.3 is 0 Å². The lowest BCUT2D eigenvalue weighted by molar-refractivity contribution is 0.415. The van der Waals surface area contributed by atoms with E-state index in [1.807, 2.05) is 36.4 Å². The summed E-state index contributed by atoms with van der Waals surface area (Å²) in [5.41, 5.74) is 1.95. The Morgan fingerprint density at radius 3 is 2.46 bits per heavy atom. The molecule has 0 saturated heterocycles. The van der Waals surface area contributed by atoms with Crippen LogP contribution in [-0.2, 0) is 12.8 Å². The van der Waals surface area contributed by atoms with Crippen molar-refractivity contribution in [1.82, 2.24) is 9.55 Å². The molecule has 3 rings (SSSR count). The summed E-state index contributed by atoms with van der Waals surface area (Å²) in [4.78, 5) is 17.2. The monoisotopic (exact) mass is 363 g/mol. The summed E-state index contributed by atoms with van der Waals surface area (Å²) in [5, 5.41) is 10.0. The summed E-state index contributed by atoms with van der Waals surface area (Å²) in [6, 6.07) is 19.1. The molecular formula is C20H17N3O2S. The van der Waals surface area contributed by atoms with Crippen molar-refractivity contribution in [3.63, 3.8) is 0 Å². The van der Waals surface area contributed by atoms with Gasteiger partial charge in [0.2, 0.25) is 0 Å². The van der Waals surface area contributed by atoms with E-state index in [1.165, 1.54) is 16.3 Å². The number of hydrogen-bond acceptors (Lipinski definition) is 5. The Morgan fingerprint density at radius 2 is 1.85 bits per heavy atom. The van der Waals surface area contributed by atoms with Gasteiger partial charge in [-0.25, -0.2) is 4.98 Å². The Bertz CT molecular complexity index is 1010. The van der Waals surface area contributed by atoms with Crippen LogP contribution < -0.4 is 10.3 Å². The number of ether oxygens (including phenoxy) is 1. The molecule has 0 aliphatic rings. The molecule has 0 saturated carbocycles. The Kier molecular flexibility index (Phi) is 5.40. The van der Waals surface area contributed by atoms with Gasteiger partial charge in [-0.1, -0.05) is 42.1 Å². The van der Waals surface area contributed by atoms with Crippen LogP contribution in [0.4, 0.5) is 0 Å². The maximum atomic E-state index is 12.6. The molecule has 0 radical (unpaired) electrons. The molecule has 0 N–H and O–H groups in total. The van der Waals surface area contributed by atoms with E-state index in [-0.39, 0.29) is 11.1 Å². The second-order valence-corrected chi connectivity index (χ2v) is 6.54. The second-order valence-electron chi connectivity index (χ2n) is 5.60. The largest absolute Gasteiger partial charge is 0.497 e. The molecule has 1 heterocycles. The van der Waals surface area contributed by atoms with Crippen molar-refractivity contribution in [2.24, 2.45) is 7.05 Å². The molecule has 26 heavy (non-hydrogen) atoms. The number of nitriles is 1. The van der Waals surface area contributed by atoms with Crippen LogP contribution in [-0.4, -0.2) is 16.7 Å². The Labute approximate surface area is 155 Å². The average molecular weight is 363 g/mol. The number of hydrogen-bond donors (Lipinski definition) is 0. The molecule has 3 aromatic rings. The zero-order chi connectivity index (χ0) is 18.5. The van der Waals surface area contributed by atoms with E-state index in [1.54, 1.807) is 38.4 Å². The lowest BCUT2D eigenvalue weighted by atomic mass is 10.1. The van der Waals surface area contributed by atoms with E-state index in [0.717, 1.165) is 5.56 Å². The fourth-order valence-corrected chi connectivity index (χ4v) is 3.41. The first-order valence-corrected chi connectivity index (χ1v) is 8.95. The highest BCUT2D eigenvalue weighted by Crippen LogP contribution is 2.26. The Morgan fingerprint density at radius 1 is 1.15 bits per heavy atom. The highest BCUT2D eigenvalue weighted by molar-refractivity contribution is 7.98. The van der Waals surface area contributed by atoms with E-state index in [0.29, 0.717) is 27.9 Å². The molecule has 6 heteroatoms. The molecule has 0 amide bonds. The third-order valence-corrected chi connectivity index (χ3v) is 5.04. The van der Waals surface area contributed by atoms with E-state index in [9.17, 15) is 10.1 Å². The quantitative estimate of drug-likeness (QED) is 0.512. The summed E-state index contributed by atoms with van der Waals surface area (Å²) in [5.74, 6) is 1.39. The van der Waals surface area contributed by atoms with Gasteiger partial charge in [0, 0.05) is 18.4 Å². The molecule has 1 aromatic heterocycles. The lowest BCUT2D eigenvalue weighted by Crippen LogP contribution is -2.23. The molecule has 130 valence electrons. The summed E-state index contributed by atoms with van der Waals surface area (Å²) in [6.07, 6.45) is 0. The summed E-state index contributed by atoms with van der Waals surface area (Å²) in [7, 11) is 3.23. The molecule has 0 unspecified atom stereocenters. The van der Waals surface area contributed by atoms with Gasteiger partial charge in [-0.3, -0.25) is 9.36 Å². The van der Waals surface area contributed by atoms with Gasteiger partial charge in [-0.15, -0.1) is 0 Å². The van der Waals surface area contributed by atoms with Gasteiger partial charge in [0.15, 0.2) is 5.16 Å². The summed E-state index contributed by atoms with van der Waals surface area (Å²) >= 11 is 1.47. The van der Waals surface area contributed by atoms with Gasteiger partial charge in [-0.2, -0.15) is 5.26 Å². The van der Waals surface area contributed by atoms with E-state index >= 15 is 0 Å². The van der Waals surface area contributed by atoms with E-state index in [2.05, 4.69) is 4.98 Å². The second kappa shape index (κ2) is 7.89. The number of thioether (sulfide) groups is 1. The molecule has 0 atom stereocenters. The highest BCUT2D eigenvalue weighted by atomic mass is 32.2. The maximum absolute atomic E-state index is 12.6. The third-order valence-electron chi connectivity index (χ3n) is 3.94. The van der Waals surface area contributed by atoms with Crippen LogP contribution in [0.1, 0.15) is 11.1 Å². The first-order chi connectivity index (χ1) is 12.6. The number of rotatable bonds is 5. The van der Waals surface area contributed by atoms with Crippen LogP contribution in [0.25, 0.3) is 11.3 Å². The van der Waals surface area contributed by atoms with Crippen molar-refractivity contribution < 1.29 is 4.74 Å². The van der Waals surface area contributed by atoms with Gasteiger partial charge in [0.1, 0.15) is 17.4 Å². The van der Waals surface area contributed by atoms with E-state index < -0.39 is 0 Å². The number of methoxy groups -OCH3 is 1. The highest BCUT2D eigenvalue weighted by Gasteiger charge is 2.16. The molecule has 2 aromatic carbocycles. The van der Waals surface area contributed by atoms with Crippen LogP contribution in [0.2, 0.25) is 0 Å². The van der Waals surface area contributed by atoms with Crippen molar-refractivity contribution in [1.29, 1.82) is 5.26 Å². The zero-order valence-electron chi connectivity index (χ0n) is 14.5. The minimum Gasteiger partial charge on any atom is -0.497 e. The molecule has 0 spiro atoms. The number of nitrogens with zero attached hydrogens (tertiary/aromatic N) is 3. The van der Waals surface area contributed by atoms with Crippen LogP contribution in [0, 0.1) is 11.3 Å². The Balaban J connectivity index is 2.02. The van der Waals surface area contributed by atoms with Crippen LogP contribution in [0.5, 0.6) is 5.75 Å². The Hall–Kier alpha value is -3.04. The summed E-state index contributed by atoms with van der Waals surface area (Å²) in [6.45, 7) is 0. The smallest absolute Gasteiger partial charge is 0.272 e. The zero-order valence-corrected chi connectivity index (χ0v) is 15.3. The van der Waals surface area contributed by atoms with Gasteiger partial charge in [0.05, 0.1) is 12.8 Å². The standard InChI is InChI=1S/C20H17N3O2S/c1-23-19(24)17(12-21)18(15-8-10-16(25-2)11-9-15)22-20(23)26-13-14-6-4-3-5-7-14/h3-11H,13H2,1-2H3. The molecule has 5 nitrogen and oxygen atoms in total. The van der Waals surface area contributed by atoms with Gasteiger partial charge < -0.3 is 4.74 Å². The topological polar surface area (TPSA) is 67.9 Å². The molecule has 0 aliphatic heterocycles. The molecule has 0 aliphatic carbocycles. The first-order valence-electron chi connectivity index (χ1n) is 7.96. The minimum absolute atomic E-state index is 0.0433. The third kappa shape index (κ3) is 3.63. The molecule has 0 fully saturated rings. The van der Waals surface area contributed by atoms with Crippen LogP contribution >= 0.6 is 11.8 Å². The fourth-order valence-electron chi connectivity index (χ4n) is 2.49. The molecular weight excluding hydrogens is 346 g/mol. The SMILES string of the molecule is COc1ccc(-c2nc(SCc3ccccc3)n(C)c(=O)c2C#N)cc1. The predicted molar refractivity (Wildman–Crippen MR) is 102 cm³/mol. The van der Waals surface area contributed by atoms with Crippen molar-refractivity contribution >= 4 is 11.8 Å². The first kappa shape index (κ1) is 17.8. The fraction of sp³-hybridized carbons (Fsp3) is 0.150. The lowest BCUT2D eigenvalue weighted by Gasteiger charge is -2.11. The van der Waals surface area contributed by atoms with Crippen molar-refractivity contribution in [3.05, 3.63) is 76.1 Å². The number of benzene rings is 2. The molecule has 0 bridgehead atoms. The summed E-state index contributed by atoms with van der Waals surface area (Å²) < 4.78 is 6.59. The van der Waals surface area contributed by atoms with Crippen LogP contribution in [0.3, 0.4) is 0 Å². The minimum atomic E-state index is -0.344. The van der Waals surface area contributed by atoms with Gasteiger partial charge in [0.25, 0.3) is 5.56 Å². The van der Waals surface area contributed by atoms with Crippen LogP contribution in [0.15, 0.2) is 64.5 Å². The average Bonchev–Trinajstić information content (AvgIpc) is 2.70. The normalized spacial score (nSPS) is 10.3. The number of aromatic nitrogens is 2. The van der Waals surface area contributed by atoms with Crippen molar-refractivity contribution in [3.8, 4) is 23.1 Å². The maximum Gasteiger partial charge on any atom is 0.272 e. The van der Waals surface area contributed by atoms with E-state index in [4.69, 9.17) is 4.74 Å². The predicted octanol–water partition coefficient (Wildman–Crippen LogP) is 3.62. The van der Waals surface area contributed by atoms with Gasteiger partial charge in [-0.05, 0) is 29.8 Å².